The van der Waals surface area contributed by atoms with Crippen molar-refractivity contribution in [2.24, 2.45) is 5.92 Å². The van der Waals surface area contributed by atoms with Gasteiger partial charge < -0.3 is 9.84 Å². The summed E-state index contributed by atoms with van der Waals surface area (Å²) in [6.45, 7) is 4.07. The molecule has 1 N–H and O–H groups in total. The normalized spacial score (nSPS) is 15.5. The average molecular weight is 193 g/mol. The van der Waals surface area contributed by atoms with Gasteiger partial charge in [0.25, 0.3) is 0 Å². The molecule has 0 aliphatic carbocycles. The number of benzene rings is 1. The minimum atomic E-state index is -0.561. The summed E-state index contributed by atoms with van der Waals surface area (Å²) in [6.07, 6.45) is -0.716. The largest absolute Gasteiger partial charge is 0.386 e. The summed E-state index contributed by atoms with van der Waals surface area (Å²) in [4.78, 5) is 0. The monoisotopic (exact) mass is 193 g/mol. The van der Waals surface area contributed by atoms with Crippen LogP contribution in [0, 0.1) is 12.0 Å². The van der Waals surface area contributed by atoms with Crippen LogP contribution in [-0.2, 0) is 4.74 Å². The molecule has 1 radical (unpaired) electrons. The van der Waals surface area contributed by atoms with E-state index in [9.17, 15) is 5.11 Å². The van der Waals surface area contributed by atoms with E-state index < -0.39 is 6.10 Å². The molecule has 2 nitrogen and oxygen atoms in total. The second kappa shape index (κ2) is 5.13. The van der Waals surface area contributed by atoms with Crippen LogP contribution in [0.15, 0.2) is 24.3 Å². The lowest BCUT2D eigenvalue weighted by Crippen LogP contribution is -2.26. The highest BCUT2D eigenvalue weighted by atomic mass is 16.5. The number of aliphatic hydroxyl groups is 1. The van der Waals surface area contributed by atoms with Crippen LogP contribution in [0.3, 0.4) is 0 Å². The number of rotatable bonds is 4. The van der Waals surface area contributed by atoms with Crippen molar-refractivity contribution in [3.8, 4) is 0 Å². The van der Waals surface area contributed by atoms with Gasteiger partial charge in [-0.1, -0.05) is 38.1 Å². The van der Waals surface area contributed by atoms with Gasteiger partial charge in [-0.3, -0.25) is 0 Å². The van der Waals surface area contributed by atoms with E-state index in [1.807, 2.05) is 26.0 Å². The zero-order chi connectivity index (χ0) is 10.6. The fraction of sp³-hybridized carbons (Fsp3) is 0.500. The first-order valence-electron chi connectivity index (χ1n) is 4.83. The number of hydrogen-bond acceptors (Lipinski definition) is 2. The third-order valence-corrected chi connectivity index (χ3v) is 2.33. The third-order valence-electron chi connectivity index (χ3n) is 2.33. The molecule has 0 heterocycles. The number of methoxy groups -OCH3 is 1. The van der Waals surface area contributed by atoms with E-state index in [1.165, 1.54) is 0 Å². The molecule has 0 aliphatic rings. The molecule has 1 aromatic rings. The first kappa shape index (κ1) is 11.2. The van der Waals surface area contributed by atoms with Crippen LogP contribution >= 0.6 is 0 Å². The molecular weight excluding hydrogens is 176 g/mol. The number of aliphatic hydroxyl groups excluding tert-OH is 1. The highest BCUT2D eigenvalue weighted by molar-refractivity contribution is 5.17. The van der Waals surface area contributed by atoms with Gasteiger partial charge in [0.15, 0.2) is 0 Å². The summed E-state index contributed by atoms with van der Waals surface area (Å²) in [6, 6.07) is 10.2. The van der Waals surface area contributed by atoms with Gasteiger partial charge in [-0.15, -0.1) is 0 Å². The molecule has 1 rings (SSSR count). The van der Waals surface area contributed by atoms with Gasteiger partial charge in [0, 0.05) is 7.11 Å². The number of hydrogen-bond donors (Lipinski definition) is 1. The first-order valence-corrected chi connectivity index (χ1v) is 4.83. The predicted octanol–water partition coefficient (Wildman–Crippen LogP) is 2.19. The van der Waals surface area contributed by atoms with Crippen molar-refractivity contribution in [1.82, 2.24) is 0 Å². The first-order chi connectivity index (χ1) is 6.66. The van der Waals surface area contributed by atoms with E-state index in [2.05, 4.69) is 6.07 Å². The second-order valence-corrected chi connectivity index (χ2v) is 3.72. The van der Waals surface area contributed by atoms with E-state index in [0.29, 0.717) is 5.92 Å². The van der Waals surface area contributed by atoms with E-state index in [-0.39, 0.29) is 6.10 Å². The maximum atomic E-state index is 10.0. The van der Waals surface area contributed by atoms with Crippen LogP contribution in [0.5, 0.6) is 0 Å². The van der Waals surface area contributed by atoms with Gasteiger partial charge in [-0.2, -0.15) is 0 Å². The summed E-state index contributed by atoms with van der Waals surface area (Å²) < 4.78 is 5.27. The molecule has 0 saturated heterocycles. The van der Waals surface area contributed by atoms with Gasteiger partial charge in [0.05, 0.1) is 6.10 Å². The minimum absolute atomic E-state index is 0.155. The van der Waals surface area contributed by atoms with E-state index in [4.69, 9.17) is 4.74 Å². The Hall–Kier alpha value is -0.860. The van der Waals surface area contributed by atoms with Crippen LogP contribution < -0.4 is 0 Å². The highest BCUT2D eigenvalue weighted by Crippen LogP contribution is 2.23. The molecule has 0 aliphatic heterocycles. The number of ether oxygens (including phenoxy) is 1. The molecule has 0 saturated carbocycles. The molecule has 0 bridgehead atoms. The zero-order valence-electron chi connectivity index (χ0n) is 8.90. The molecule has 2 atom stereocenters. The van der Waals surface area contributed by atoms with Crippen LogP contribution in [0.2, 0.25) is 0 Å². The summed E-state index contributed by atoms with van der Waals surface area (Å²) in [5.41, 5.74) is 0.879. The molecule has 1 aromatic carbocycles. The van der Waals surface area contributed by atoms with Crippen LogP contribution in [-0.4, -0.2) is 18.3 Å². The maximum Gasteiger partial charge on any atom is 0.105 e. The van der Waals surface area contributed by atoms with Crippen molar-refractivity contribution in [1.29, 1.82) is 0 Å². The Labute approximate surface area is 85.5 Å². The SMILES string of the molecule is COC(C(C)C)C(O)c1cc[c]cc1. The van der Waals surface area contributed by atoms with Gasteiger partial charge >= 0.3 is 0 Å². The van der Waals surface area contributed by atoms with E-state index >= 15 is 0 Å². The summed E-state index contributed by atoms with van der Waals surface area (Å²) in [7, 11) is 1.63. The van der Waals surface area contributed by atoms with Gasteiger partial charge in [0.1, 0.15) is 6.10 Å². The second-order valence-electron chi connectivity index (χ2n) is 3.72. The molecular formula is C12H17O2. The molecule has 77 valence electrons. The molecule has 0 spiro atoms. The predicted molar refractivity (Wildman–Crippen MR) is 55.9 cm³/mol. The molecule has 0 amide bonds. The quantitative estimate of drug-likeness (QED) is 0.794. The van der Waals surface area contributed by atoms with Gasteiger partial charge in [-0.05, 0) is 17.5 Å². The Kier molecular flexibility index (Phi) is 4.11. The Bertz CT molecular complexity index is 256. The molecule has 0 fully saturated rings. The summed E-state index contributed by atoms with van der Waals surface area (Å²) in [5.74, 6) is 0.291. The fourth-order valence-corrected chi connectivity index (χ4v) is 1.55. The Morgan fingerprint density at radius 1 is 1.29 bits per heavy atom. The van der Waals surface area contributed by atoms with Crippen molar-refractivity contribution in [2.75, 3.05) is 7.11 Å². The lowest BCUT2D eigenvalue weighted by molar-refractivity contribution is -0.0390. The van der Waals surface area contributed by atoms with Crippen LogP contribution in [0.25, 0.3) is 0 Å². The molecule has 2 unspecified atom stereocenters. The Balaban J connectivity index is 2.78. The summed E-state index contributed by atoms with van der Waals surface area (Å²) in [5, 5.41) is 10.0. The zero-order valence-corrected chi connectivity index (χ0v) is 8.90. The average Bonchev–Trinajstić information content (AvgIpc) is 2.19. The smallest absolute Gasteiger partial charge is 0.105 e. The van der Waals surface area contributed by atoms with Crippen molar-refractivity contribution < 1.29 is 9.84 Å². The van der Waals surface area contributed by atoms with Gasteiger partial charge in [-0.25, -0.2) is 0 Å². The molecule has 14 heavy (non-hydrogen) atoms. The lowest BCUT2D eigenvalue weighted by atomic mass is 9.96. The van der Waals surface area contributed by atoms with E-state index in [0.717, 1.165) is 5.56 Å². The van der Waals surface area contributed by atoms with Crippen LogP contribution in [0.1, 0.15) is 25.5 Å². The Morgan fingerprint density at radius 3 is 2.29 bits per heavy atom. The fourth-order valence-electron chi connectivity index (χ4n) is 1.55. The van der Waals surface area contributed by atoms with Crippen molar-refractivity contribution in [3.63, 3.8) is 0 Å². The van der Waals surface area contributed by atoms with Crippen molar-refractivity contribution in [2.45, 2.75) is 26.1 Å². The molecule has 0 aromatic heterocycles. The Morgan fingerprint density at radius 2 is 1.86 bits per heavy atom. The standard InChI is InChI=1S/C12H17O2/c1-9(2)12(14-3)11(13)10-7-5-4-6-8-10/h5-9,11-13H,1-3H3. The lowest BCUT2D eigenvalue weighted by Gasteiger charge is -2.25. The minimum Gasteiger partial charge on any atom is -0.386 e. The van der Waals surface area contributed by atoms with Crippen molar-refractivity contribution in [3.05, 3.63) is 35.9 Å². The molecule has 2 heteroatoms. The van der Waals surface area contributed by atoms with Crippen molar-refractivity contribution >= 4 is 0 Å². The maximum absolute atomic E-state index is 10.0. The van der Waals surface area contributed by atoms with Crippen LogP contribution in [0.4, 0.5) is 0 Å². The highest BCUT2D eigenvalue weighted by Gasteiger charge is 2.23. The van der Waals surface area contributed by atoms with E-state index in [1.54, 1.807) is 19.2 Å². The topological polar surface area (TPSA) is 29.5 Å². The summed E-state index contributed by atoms with van der Waals surface area (Å²) >= 11 is 0. The van der Waals surface area contributed by atoms with Gasteiger partial charge in [0.2, 0.25) is 0 Å². The third kappa shape index (κ3) is 2.56.